The molecule has 0 saturated heterocycles. The van der Waals surface area contributed by atoms with Gasteiger partial charge in [0.15, 0.2) is 0 Å². The van der Waals surface area contributed by atoms with Gasteiger partial charge in [-0.15, -0.1) is 0 Å². The van der Waals surface area contributed by atoms with Crippen molar-refractivity contribution in [1.82, 2.24) is 0 Å². The largest absolute Gasteiger partial charge is 0.490 e. The van der Waals surface area contributed by atoms with Crippen LogP contribution in [-0.2, 0) is 0 Å². The van der Waals surface area contributed by atoms with Gasteiger partial charge in [0, 0.05) is 16.5 Å². The number of hydrogen-bond acceptors (Lipinski definition) is 2. The third-order valence-electron chi connectivity index (χ3n) is 2.84. The van der Waals surface area contributed by atoms with Crippen LogP contribution in [0.5, 0.6) is 5.75 Å². The van der Waals surface area contributed by atoms with E-state index in [-0.39, 0.29) is 6.10 Å². The maximum Gasteiger partial charge on any atom is 0.125 e. The number of aliphatic hydroxyl groups excluding tert-OH is 1. The predicted molar refractivity (Wildman–Crippen MR) is 67.6 cm³/mol. The summed E-state index contributed by atoms with van der Waals surface area (Å²) in [6.07, 6.45) is 1.43. The Bertz CT molecular complexity index is 376. The molecule has 0 bridgehead atoms. The zero-order chi connectivity index (χ0) is 11.7. The molecular formula is C13H17BrO2. The van der Waals surface area contributed by atoms with Crippen LogP contribution in [0.2, 0.25) is 0 Å². The van der Waals surface area contributed by atoms with Gasteiger partial charge < -0.3 is 9.84 Å². The number of fused-ring (bicyclic) bond motifs is 1. The highest BCUT2D eigenvalue weighted by atomic mass is 79.9. The van der Waals surface area contributed by atoms with Crippen molar-refractivity contribution in [3.63, 3.8) is 0 Å². The van der Waals surface area contributed by atoms with E-state index in [1.165, 1.54) is 0 Å². The molecule has 2 unspecified atom stereocenters. The van der Waals surface area contributed by atoms with Gasteiger partial charge in [0.1, 0.15) is 11.9 Å². The third kappa shape index (κ3) is 2.58. The van der Waals surface area contributed by atoms with Crippen molar-refractivity contribution in [3.8, 4) is 5.75 Å². The van der Waals surface area contributed by atoms with Crippen molar-refractivity contribution in [2.24, 2.45) is 5.92 Å². The van der Waals surface area contributed by atoms with Crippen molar-refractivity contribution in [1.29, 1.82) is 0 Å². The summed E-state index contributed by atoms with van der Waals surface area (Å²) in [5, 5.41) is 10.1. The number of aliphatic hydroxyl groups is 1. The van der Waals surface area contributed by atoms with Crippen LogP contribution in [0.3, 0.4) is 0 Å². The first-order chi connectivity index (χ1) is 7.56. The standard InChI is InChI=1S/C13H17BrO2/c1-8(2)5-10-7-12(15)11-6-9(14)3-4-13(11)16-10/h3-4,6,8,10,12,15H,5,7H2,1-2H3. The summed E-state index contributed by atoms with van der Waals surface area (Å²) in [5.41, 5.74) is 0.898. The van der Waals surface area contributed by atoms with E-state index in [2.05, 4.69) is 29.8 Å². The molecule has 2 rings (SSSR count). The minimum absolute atomic E-state index is 0.142. The van der Waals surface area contributed by atoms with E-state index in [1.807, 2.05) is 18.2 Å². The van der Waals surface area contributed by atoms with Gasteiger partial charge in [0.05, 0.1) is 6.10 Å². The van der Waals surface area contributed by atoms with Crippen molar-refractivity contribution >= 4 is 15.9 Å². The van der Waals surface area contributed by atoms with Crippen LogP contribution >= 0.6 is 15.9 Å². The van der Waals surface area contributed by atoms with Gasteiger partial charge in [-0.2, -0.15) is 0 Å². The van der Waals surface area contributed by atoms with E-state index in [0.717, 1.165) is 22.2 Å². The molecule has 3 heteroatoms. The Morgan fingerprint density at radius 3 is 2.94 bits per heavy atom. The molecule has 0 amide bonds. The van der Waals surface area contributed by atoms with Crippen LogP contribution in [0.1, 0.15) is 38.4 Å². The molecule has 0 fully saturated rings. The molecule has 0 aromatic heterocycles. The molecule has 1 aliphatic heterocycles. The van der Waals surface area contributed by atoms with Crippen LogP contribution in [0, 0.1) is 5.92 Å². The van der Waals surface area contributed by atoms with E-state index in [4.69, 9.17) is 4.74 Å². The highest BCUT2D eigenvalue weighted by Gasteiger charge is 2.27. The Balaban J connectivity index is 2.20. The molecular weight excluding hydrogens is 268 g/mol. The Hall–Kier alpha value is -0.540. The van der Waals surface area contributed by atoms with Gasteiger partial charge in [0.2, 0.25) is 0 Å². The lowest BCUT2D eigenvalue weighted by Crippen LogP contribution is -2.27. The first-order valence-corrected chi connectivity index (χ1v) is 6.49. The Morgan fingerprint density at radius 2 is 2.25 bits per heavy atom. The van der Waals surface area contributed by atoms with E-state index in [1.54, 1.807) is 0 Å². The van der Waals surface area contributed by atoms with Crippen LogP contribution < -0.4 is 4.74 Å². The predicted octanol–water partition coefficient (Wildman–Crippen LogP) is 3.68. The molecule has 2 nitrogen and oxygen atoms in total. The Morgan fingerprint density at radius 1 is 1.50 bits per heavy atom. The number of rotatable bonds is 2. The maximum absolute atomic E-state index is 10.1. The molecule has 0 aliphatic carbocycles. The van der Waals surface area contributed by atoms with Crippen molar-refractivity contribution < 1.29 is 9.84 Å². The molecule has 0 saturated carbocycles. The molecule has 1 heterocycles. The fourth-order valence-corrected chi connectivity index (χ4v) is 2.54. The fraction of sp³-hybridized carbons (Fsp3) is 0.538. The van der Waals surface area contributed by atoms with Crippen LogP contribution in [0.4, 0.5) is 0 Å². The topological polar surface area (TPSA) is 29.5 Å². The van der Waals surface area contributed by atoms with E-state index < -0.39 is 6.10 Å². The smallest absolute Gasteiger partial charge is 0.125 e. The summed E-state index contributed by atoms with van der Waals surface area (Å²) in [4.78, 5) is 0. The molecule has 1 aromatic carbocycles. The lowest BCUT2D eigenvalue weighted by molar-refractivity contribution is 0.0556. The van der Waals surface area contributed by atoms with Crippen LogP contribution in [-0.4, -0.2) is 11.2 Å². The number of hydrogen-bond donors (Lipinski definition) is 1. The van der Waals surface area contributed by atoms with Crippen molar-refractivity contribution in [3.05, 3.63) is 28.2 Å². The lowest BCUT2D eigenvalue weighted by Gasteiger charge is -2.30. The summed E-state index contributed by atoms with van der Waals surface area (Å²) >= 11 is 3.41. The average molecular weight is 285 g/mol. The van der Waals surface area contributed by atoms with Gasteiger partial charge in [-0.1, -0.05) is 29.8 Å². The quantitative estimate of drug-likeness (QED) is 0.898. The summed E-state index contributed by atoms with van der Waals surface area (Å²) in [7, 11) is 0. The Kier molecular flexibility index (Phi) is 3.55. The minimum atomic E-state index is -0.398. The summed E-state index contributed by atoms with van der Waals surface area (Å²) in [6, 6.07) is 5.81. The van der Waals surface area contributed by atoms with Gasteiger partial charge in [-0.25, -0.2) is 0 Å². The third-order valence-corrected chi connectivity index (χ3v) is 3.34. The molecule has 1 aliphatic rings. The number of ether oxygens (including phenoxy) is 1. The summed E-state index contributed by atoms with van der Waals surface area (Å²) in [5.74, 6) is 1.42. The highest BCUT2D eigenvalue weighted by molar-refractivity contribution is 9.10. The monoisotopic (exact) mass is 284 g/mol. The lowest BCUT2D eigenvalue weighted by atomic mass is 9.94. The molecule has 0 spiro atoms. The second-order valence-electron chi connectivity index (χ2n) is 4.80. The van der Waals surface area contributed by atoms with Crippen molar-refractivity contribution in [2.75, 3.05) is 0 Å². The number of benzene rings is 1. The fourth-order valence-electron chi connectivity index (χ4n) is 2.16. The zero-order valence-corrected chi connectivity index (χ0v) is 11.2. The summed E-state index contributed by atoms with van der Waals surface area (Å²) < 4.78 is 6.87. The normalized spacial score (nSPS) is 24.1. The van der Waals surface area contributed by atoms with Gasteiger partial charge in [0.25, 0.3) is 0 Å². The zero-order valence-electron chi connectivity index (χ0n) is 9.61. The van der Waals surface area contributed by atoms with Crippen LogP contribution in [0.25, 0.3) is 0 Å². The molecule has 1 N–H and O–H groups in total. The van der Waals surface area contributed by atoms with Gasteiger partial charge >= 0.3 is 0 Å². The minimum Gasteiger partial charge on any atom is -0.490 e. The van der Waals surface area contributed by atoms with E-state index in [9.17, 15) is 5.11 Å². The molecule has 16 heavy (non-hydrogen) atoms. The molecule has 2 atom stereocenters. The second kappa shape index (κ2) is 4.76. The van der Waals surface area contributed by atoms with Crippen LogP contribution in [0.15, 0.2) is 22.7 Å². The molecule has 0 radical (unpaired) electrons. The van der Waals surface area contributed by atoms with E-state index in [0.29, 0.717) is 12.3 Å². The van der Waals surface area contributed by atoms with Crippen molar-refractivity contribution in [2.45, 2.75) is 38.9 Å². The first kappa shape index (κ1) is 11.9. The number of halogens is 1. The molecule has 88 valence electrons. The SMILES string of the molecule is CC(C)CC1CC(O)c2cc(Br)ccc2O1. The Labute approximate surface area is 105 Å². The van der Waals surface area contributed by atoms with Gasteiger partial charge in [-0.3, -0.25) is 0 Å². The second-order valence-corrected chi connectivity index (χ2v) is 5.72. The first-order valence-electron chi connectivity index (χ1n) is 5.70. The van der Waals surface area contributed by atoms with E-state index >= 15 is 0 Å². The summed E-state index contributed by atoms with van der Waals surface area (Å²) in [6.45, 7) is 4.35. The van der Waals surface area contributed by atoms with Gasteiger partial charge in [-0.05, 0) is 30.5 Å². The maximum atomic E-state index is 10.1. The highest BCUT2D eigenvalue weighted by Crippen LogP contribution is 2.37. The molecule has 1 aromatic rings. The average Bonchev–Trinajstić information content (AvgIpc) is 2.18.